The van der Waals surface area contributed by atoms with Crippen molar-refractivity contribution in [3.05, 3.63) is 42.2 Å². The van der Waals surface area contributed by atoms with Gasteiger partial charge in [-0.25, -0.2) is 9.78 Å². The summed E-state index contributed by atoms with van der Waals surface area (Å²) in [5, 5.41) is 5.68. The second-order valence-corrected chi connectivity index (χ2v) is 6.75. The van der Waals surface area contributed by atoms with Crippen LogP contribution in [0.15, 0.2) is 41.8 Å². The van der Waals surface area contributed by atoms with Gasteiger partial charge < -0.3 is 5.32 Å². The predicted molar refractivity (Wildman–Crippen MR) is 95.4 cm³/mol. The molecule has 6 nitrogen and oxygen atoms in total. The van der Waals surface area contributed by atoms with Crippen LogP contribution < -0.4 is 10.6 Å². The zero-order chi connectivity index (χ0) is 17.5. The number of para-hydroxylation sites is 1. The molecule has 0 aliphatic carbocycles. The van der Waals surface area contributed by atoms with Gasteiger partial charge in [0.1, 0.15) is 0 Å². The van der Waals surface area contributed by atoms with Crippen molar-refractivity contribution in [2.75, 3.05) is 12.3 Å². The number of imidazole rings is 1. The first-order valence-corrected chi connectivity index (χ1v) is 8.75. The molecular formula is C17H22N4O2S. The van der Waals surface area contributed by atoms with Crippen molar-refractivity contribution in [1.82, 2.24) is 20.2 Å². The zero-order valence-electron chi connectivity index (χ0n) is 14.1. The SMILES string of the molecule is Cc1ccccc1-n1ccnc1SCC(=O)NC(=O)NCC(C)C. The van der Waals surface area contributed by atoms with E-state index < -0.39 is 6.03 Å². The fraction of sp³-hybridized carbons (Fsp3) is 0.353. The molecule has 0 aliphatic rings. The predicted octanol–water partition coefficient (Wildman–Crippen LogP) is 2.75. The van der Waals surface area contributed by atoms with E-state index in [9.17, 15) is 9.59 Å². The fourth-order valence-corrected chi connectivity index (χ4v) is 2.81. The van der Waals surface area contributed by atoms with Gasteiger partial charge in [-0.15, -0.1) is 0 Å². The standard InChI is InChI=1S/C17H22N4O2S/c1-12(2)10-19-16(23)20-15(22)11-24-17-18-8-9-21(17)14-7-5-4-6-13(14)3/h4-9,12H,10-11H2,1-3H3,(H2,19,20,22,23). The summed E-state index contributed by atoms with van der Waals surface area (Å²) in [6.45, 7) is 6.53. The molecule has 2 aromatic rings. The summed E-state index contributed by atoms with van der Waals surface area (Å²) in [5.74, 6) is 0.111. The fourth-order valence-electron chi connectivity index (χ4n) is 2.05. The number of aromatic nitrogens is 2. The molecule has 7 heteroatoms. The maximum atomic E-state index is 11.9. The molecule has 0 fully saturated rings. The molecule has 1 aromatic heterocycles. The van der Waals surface area contributed by atoms with Crippen LogP contribution in [0.4, 0.5) is 4.79 Å². The summed E-state index contributed by atoms with van der Waals surface area (Å²) >= 11 is 1.29. The Morgan fingerprint density at radius 1 is 1.29 bits per heavy atom. The van der Waals surface area contributed by atoms with Gasteiger partial charge in [0.25, 0.3) is 0 Å². The number of urea groups is 1. The molecule has 0 bridgehead atoms. The molecule has 0 atom stereocenters. The highest BCUT2D eigenvalue weighted by molar-refractivity contribution is 7.99. The van der Waals surface area contributed by atoms with Crippen LogP contribution in [-0.2, 0) is 4.79 Å². The number of carbonyl (C=O) groups is 2. The number of amides is 3. The van der Waals surface area contributed by atoms with Crippen LogP contribution in [-0.4, -0.2) is 33.8 Å². The molecule has 24 heavy (non-hydrogen) atoms. The van der Waals surface area contributed by atoms with Crippen molar-refractivity contribution in [2.45, 2.75) is 25.9 Å². The molecule has 0 aliphatic heterocycles. The van der Waals surface area contributed by atoms with Crippen molar-refractivity contribution in [1.29, 1.82) is 0 Å². The number of nitrogens with one attached hydrogen (secondary N) is 2. The van der Waals surface area contributed by atoms with Gasteiger partial charge in [-0.1, -0.05) is 43.8 Å². The van der Waals surface area contributed by atoms with Crippen molar-refractivity contribution in [3.63, 3.8) is 0 Å². The Morgan fingerprint density at radius 3 is 2.75 bits per heavy atom. The maximum absolute atomic E-state index is 11.9. The van der Waals surface area contributed by atoms with Crippen LogP contribution in [0.3, 0.4) is 0 Å². The Balaban J connectivity index is 1.92. The third-order valence-electron chi connectivity index (χ3n) is 3.24. The quantitative estimate of drug-likeness (QED) is 0.789. The monoisotopic (exact) mass is 346 g/mol. The lowest BCUT2D eigenvalue weighted by Gasteiger charge is -2.10. The van der Waals surface area contributed by atoms with Crippen LogP contribution >= 0.6 is 11.8 Å². The summed E-state index contributed by atoms with van der Waals surface area (Å²) in [4.78, 5) is 27.7. The zero-order valence-corrected chi connectivity index (χ0v) is 14.9. The average Bonchev–Trinajstić information content (AvgIpc) is 2.99. The largest absolute Gasteiger partial charge is 0.338 e. The number of imide groups is 1. The molecule has 1 heterocycles. The highest BCUT2D eigenvalue weighted by Gasteiger charge is 2.12. The van der Waals surface area contributed by atoms with Gasteiger partial charge >= 0.3 is 6.03 Å². The van der Waals surface area contributed by atoms with E-state index in [1.165, 1.54) is 11.8 Å². The highest BCUT2D eigenvalue weighted by atomic mass is 32.2. The minimum absolute atomic E-state index is 0.123. The molecule has 0 radical (unpaired) electrons. The lowest BCUT2D eigenvalue weighted by atomic mass is 10.2. The lowest BCUT2D eigenvalue weighted by molar-refractivity contribution is -0.117. The second kappa shape index (κ2) is 8.54. The Kier molecular flexibility index (Phi) is 6.43. The van der Waals surface area contributed by atoms with E-state index in [4.69, 9.17) is 0 Å². The van der Waals surface area contributed by atoms with Crippen molar-refractivity contribution >= 4 is 23.7 Å². The molecule has 1 aromatic carbocycles. The first-order valence-electron chi connectivity index (χ1n) is 7.77. The van der Waals surface area contributed by atoms with Gasteiger partial charge in [0.15, 0.2) is 5.16 Å². The molecule has 2 N–H and O–H groups in total. The highest BCUT2D eigenvalue weighted by Crippen LogP contribution is 2.22. The molecule has 0 unspecified atom stereocenters. The molecule has 0 saturated carbocycles. The topological polar surface area (TPSA) is 76.0 Å². The number of hydrogen-bond acceptors (Lipinski definition) is 4. The third kappa shape index (κ3) is 5.13. The van der Waals surface area contributed by atoms with E-state index in [-0.39, 0.29) is 11.7 Å². The van der Waals surface area contributed by atoms with Crippen molar-refractivity contribution in [2.24, 2.45) is 5.92 Å². The number of nitrogens with zero attached hydrogens (tertiary/aromatic N) is 2. The molecule has 3 amide bonds. The lowest BCUT2D eigenvalue weighted by Crippen LogP contribution is -2.41. The number of aryl methyl sites for hydroxylation is 1. The maximum Gasteiger partial charge on any atom is 0.321 e. The van der Waals surface area contributed by atoms with Gasteiger partial charge in [0.2, 0.25) is 5.91 Å². The minimum Gasteiger partial charge on any atom is -0.338 e. The van der Waals surface area contributed by atoms with Gasteiger partial charge in [-0.2, -0.15) is 0 Å². The van der Waals surface area contributed by atoms with Gasteiger partial charge in [-0.3, -0.25) is 14.7 Å². The Morgan fingerprint density at radius 2 is 2.04 bits per heavy atom. The van der Waals surface area contributed by atoms with Gasteiger partial charge in [-0.05, 0) is 24.5 Å². The first kappa shape index (κ1) is 18.1. The van der Waals surface area contributed by atoms with E-state index in [1.807, 2.05) is 55.8 Å². The summed E-state index contributed by atoms with van der Waals surface area (Å²) in [7, 11) is 0. The Labute approximate surface area is 146 Å². The number of hydrogen-bond donors (Lipinski definition) is 2. The number of carbonyl (C=O) groups excluding carboxylic acids is 2. The van der Waals surface area contributed by atoms with Crippen LogP contribution in [0.2, 0.25) is 0 Å². The molecule has 128 valence electrons. The van der Waals surface area contributed by atoms with E-state index in [2.05, 4.69) is 15.6 Å². The number of benzene rings is 1. The van der Waals surface area contributed by atoms with Crippen LogP contribution in [0, 0.1) is 12.8 Å². The average molecular weight is 346 g/mol. The molecule has 0 saturated heterocycles. The van der Waals surface area contributed by atoms with Crippen molar-refractivity contribution in [3.8, 4) is 5.69 Å². The summed E-state index contributed by atoms with van der Waals surface area (Å²) in [5.41, 5.74) is 2.14. The van der Waals surface area contributed by atoms with Gasteiger partial charge in [0.05, 0.1) is 11.4 Å². The Bertz CT molecular complexity index is 712. The van der Waals surface area contributed by atoms with Crippen molar-refractivity contribution < 1.29 is 9.59 Å². The smallest absolute Gasteiger partial charge is 0.321 e. The molecular weight excluding hydrogens is 324 g/mol. The second-order valence-electron chi connectivity index (χ2n) is 5.81. The minimum atomic E-state index is -0.462. The van der Waals surface area contributed by atoms with Crippen LogP contribution in [0.1, 0.15) is 19.4 Å². The van der Waals surface area contributed by atoms with E-state index in [1.54, 1.807) is 6.20 Å². The molecule has 0 spiro atoms. The number of rotatable bonds is 6. The van der Waals surface area contributed by atoms with E-state index in [0.717, 1.165) is 11.3 Å². The van der Waals surface area contributed by atoms with Gasteiger partial charge in [0, 0.05) is 18.9 Å². The third-order valence-corrected chi connectivity index (χ3v) is 4.20. The molecule has 2 rings (SSSR count). The first-order chi connectivity index (χ1) is 11.5. The van der Waals surface area contributed by atoms with Crippen LogP contribution in [0.25, 0.3) is 5.69 Å². The van der Waals surface area contributed by atoms with E-state index in [0.29, 0.717) is 17.6 Å². The summed E-state index contributed by atoms with van der Waals surface area (Å²) in [6, 6.07) is 7.50. The Hall–Kier alpha value is -2.28. The number of thioether (sulfide) groups is 1. The summed E-state index contributed by atoms with van der Waals surface area (Å²) in [6.07, 6.45) is 3.56. The van der Waals surface area contributed by atoms with Crippen LogP contribution in [0.5, 0.6) is 0 Å². The van der Waals surface area contributed by atoms with E-state index >= 15 is 0 Å². The summed E-state index contributed by atoms with van der Waals surface area (Å²) < 4.78 is 1.94. The normalized spacial score (nSPS) is 10.7.